The van der Waals surface area contributed by atoms with Gasteiger partial charge in [0.25, 0.3) is 0 Å². The summed E-state index contributed by atoms with van der Waals surface area (Å²) in [5.41, 5.74) is 0. The minimum atomic E-state index is 0.167. The average molecular weight is 99.1 g/mol. The number of hydrogen-bond acceptors (Lipinski definition) is 1. The second-order valence-corrected chi connectivity index (χ2v) is 2.63. The fraction of sp³-hybridized carbons (Fsp3) is 1.00. The Morgan fingerprint density at radius 3 is 2.00 bits per heavy atom. The van der Waals surface area contributed by atoms with Gasteiger partial charge in [0.1, 0.15) is 13.1 Å². The van der Waals surface area contributed by atoms with Crippen LogP contribution in [0.4, 0.5) is 0 Å². The van der Waals surface area contributed by atoms with Crippen molar-refractivity contribution in [3.8, 4) is 0 Å². The molecular weight excluding hydrogens is 90.1 g/mol. The molecule has 0 N–H and O–H groups in total. The van der Waals surface area contributed by atoms with Crippen molar-refractivity contribution < 1.29 is 4.65 Å². The predicted octanol–water partition coefficient (Wildman–Crippen LogP) is 0.477. The van der Waals surface area contributed by atoms with E-state index in [9.17, 15) is 5.21 Å². The van der Waals surface area contributed by atoms with E-state index >= 15 is 0 Å². The normalized spacial score (nSPS) is 35.6. The fourth-order valence-corrected chi connectivity index (χ4v) is 1.01. The summed E-state index contributed by atoms with van der Waals surface area (Å²) in [6.07, 6.45) is 2.40. The van der Waals surface area contributed by atoms with Crippen LogP contribution in [0.2, 0.25) is 0 Å². The molecule has 1 aliphatic carbocycles. The minimum absolute atomic E-state index is 0.167. The molecule has 1 heterocycles. The van der Waals surface area contributed by atoms with Crippen LogP contribution in [0.15, 0.2) is 0 Å². The van der Waals surface area contributed by atoms with Gasteiger partial charge in [-0.1, -0.05) is 0 Å². The molecule has 2 heteroatoms. The van der Waals surface area contributed by atoms with Gasteiger partial charge in [-0.05, 0) is 0 Å². The van der Waals surface area contributed by atoms with E-state index < -0.39 is 0 Å². The standard InChI is InChI=1S/C5H9NO/c7-6(3-4-6)5-1-2-5/h5H,1-4H2. The highest BCUT2D eigenvalue weighted by molar-refractivity contribution is 4.80. The van der Waals surface area contributed by atoms with Crippen LogP contribution >= 0.6 is 0 Å². The molecule has 0 amide bonds. The van der Waals surface area contributed by atoms with Gasteiger partial charge in [0.05, 0.1) is 6.04 Å². The van der Waals surface area contributed by atoms with E-state index in [-0.39, 0.29) is 4.65 Å². The third-order valence-electron chi connectivity index (χ3n) is 1.88. The van der Waals surface area contributed by atoms with Crippen LogP contribution in [0.3, 0.4) is 0 Å². The van der Waals surface area contributed by atoms with Crippen LogP contribution < -0.4 is 0 Å². The molecule has 40 valence electrons. The summed E-state index contributed by atoms with van der Waals surface area (Å²) >= 11 is 0. The lowest BCUT2D eigenvalue weighted by molar-refractivity contribution is -0.756. The number of hydrogen-bond donors (Lipinski definition) is 0. The number of quaternary nitrogens is 1. The highest BCUT2D eigenvalue weighted by Gasteiger charge is 2.47. The van der Waals surface area contributed by atoms with E-state index in [2.05, 4.69) is 0 Å². The van der Waals surface area contributed by atoms with Crippen LogP contribution in [-0.4, -0.2) is 23.8 Å². The van der Waals surface area contributed by atoms with Gasteiger partial charge < -0.3 is 9.85 Å². The van der Waals surface area contributed by atoms with Gasteiger partial charge in [0, 0.05) is 12.8 Å². The molecular formula is C5H9NO. The molecule has 0 unspecified atom stereocenters. The van der Waals surface area contributed by atoms with Crippen molar-refractivity contribution in [2.45, 2.75) is 18.9 Å². The largest absolute Gasteiger partial charge is 0.632 e. The summed E-state index contributed by atoms with van der Waals surface area (Å²) in [7, 11) is 0. The molecule has 0 bridgehead atoms. The Balaban J connectivity index is 2.04. The van der Waals surface area contributed by atoms with Crippen LogP contribution in [0.5, 0.6) is 0 Å². The first-order valence-corrected chi connectivity index (χ1v) is 2.89. The lowest BCUT2D eigenvalue weighted by atomic mass is 10.7. The monoisotopic (exact) mass is 99.1 g/mol. The van der Waals surface area contributed by atoms with Crippen molar-refractivity contribution in [2.75, 3.05) is 13.1 Å². The minimum Gasteiger partial charge on any atom is -0.632 e. The van der Waals surface area contributed by atoms with Gasteiger partial charge >= 0.3 is 0 Å². The average Bonchev–Trinajstić information content (AvgIpc) is 2.14. The quantitative estimate of drug-likeness (QED) is 0.266. The molecule has 0 aromatic rings. The van der Waals surface area contributed by atoms with E-state index in [0.29, 0.717) is 6.04 Å². The molecule has 0 radical (unpaired) electrons. The summed E-state index contributed by atoms with van der Waals surface area (Å²) in [5.74, 6) is 0. The zero-order valence-electron chi connectivity index (χ0n) is 4.26. The summed E-state index contributed by atoms with van der Waals surface area (Å²) in [5, 5.41) is 10.9. The predicted molar refractivity (Wildman–Crippen MR) is 26.4 cm³/mol. The first-order chi connectivity index (χ1) is 3.31. The smallest absolute Gasteiger partial charge is 0.129 e. The molecule has 1 saturated carbocycles. The second kappa shape index (κ2) is 0.858. The third kappa shape index (κ3) is 0.469. The summed E-state index contributed by atoms with van der Waals surface area (Å²) in [4.78, 5) is 0. The topological polar surface area (TPSA) is 23.1 Å². The zero-order chi connectivity index (χ0) is 4.91. The van der Waals surface area contributed by atoms with Gasteiger partial charge in [0.2, 0.25) is 0 Å². The highest BCUT2D eigenvalue weighted by Crippen LogP contribution is 2.38. The van der Waals surface area contributed by atoms with E-state index in [0.717, 1.165) is 13.1 Å². The SMILES string of the molecule is [O-][N+]1(C2CC2)CC1. The lowest BCUT2D eigenvalue weighted by Crippen LogP contribution is -2.18. The molecule has 7 heavy (non-hydrogen) atoms. The van der Waals surface area contributed by atoms with Gasteiger partial charge in [-0.2, -0.15) is 0 Å². The van der Waals surface area contributed by atoms with Crippen molar-refractivity contribution in [1.82, 2.24) is 0 Å². The fourth-order valence-electron chi connectivity index (χ4n) is 1.01. The number of hydroxylamine groups is 3. The molecule has 0 spiro atoms. The molecule has 2 fully saturated rings. The molecule has 1 aliphatic heterocycles. The maximum absolute atomic E-state index is 10.9. The van der Waals surface area contributed by atoms with Gasteiger partial charge in [-0.25, -0.2) is 0 Å². The Hall–Kier alpha value is -0.0800. The molecule has 0 aromatic heterocycles. The second-order valence-electron chi connectivity index (χ2n) is 2.63. The van der Waals surface area contributed by atoms with E-state index in [4.69, 9.17) is 0 Å². The number of rotatable bonds is 1. The Labute approximate surface area is 42.9 Å². The Kier molecular flexibility index (Phi) is 0.474. The summed E-state index contributed by atoms with van der Waals surface area (Å²) in [6.45, 7) is 1.81. The highest BCUT2D eigenvalue weighted by atomic mass is 16.6. The molecule has 1 saturated heterocycles. The lowest BCUT2D eigenvalue weighted by Gasteiger charge is -2.19. The van der Waals surface area contributed by atoms with Crippen molar-refractivity contribution in [3.63, 3.8) is 0 Å². The van der Waals surface area contributed by atoms with E-state index in [1.807, 2.05) is 0 Å². The molecule has 2 nitrogen and oxygen atoms in total. The Morgan fingerprint density at radius 1 is 1.29 bits per heavy atom. The van der Waals surface area contributed by atoms with Crippen LogP contribution in [0, 0.1) is 5.21 Å². The first kappa shape index (κ1) is 3.87. The number of nitrogens with zero attached hydrogens (tertiary/aromatic N) is 1. The zero-order valence-corrected chi connectivity index (χ0v) is 4.26. The van der Waals surface area contributed by atoms with E-state index in [1.165, 1.54) is 12.8 Å². The Morgan fingerprint density at radius 2 is 1.86 bits per heavy atom. The van der Waals surface area contributed by atoms with Crippen molar-refractivity contribution >= 4 is 0 Å². The van der Waals surface area contributed by atoms with Gasteiger partial charge in [0.15, 0.2) is 0 Å². The van der Waals surface area contributed by atoms with Crippen LogP contribution in [0.25, 0.3) is 0 Å². The van der Waals surface area contributed by atoms with Crippen LogP contribution in [-0.2, 0) is 0 Å². The molecule has 0 aromatic carbocycles. The third-order valence-corrected chi connectivity index (χ3v) is 1.88. The van der Waals surface area contributed by atoms with E-state index in [1.54, 1.807) is 0 Å². The van der Waals surface area contributed by atoms with Crippen molar-refractivity contribution in [1.29, 1.82) is 0 Å². The summed E-state index contributed by atoms with van der Waals surface area (Å²) in [6, 6.07) is 0.542. The molecule has 2 aliphatic rings. The van der Waals surface area contributed by atoms with Crippen molar-refractivity contribution in [3.05, 3.63) is 5.21 Å². The maximum atomic E-state index is 10.9. The molecule has 2 rings (SSSR count). The van der Waals surface area contributed by atoms with Gasteiger partial charge in [-0.15, -0.1) is 0 Å². The molecule has 0 atom stereocenters. The van der Waals surface area contributed by atoms with Gasteiger partial charge in [-0.3, -0.25) is 0 Å². The van der Waals surface area contributed by atoms with Crippen molar-refractivity contribution in [2.24, 2.45) is 0 Å². The first-order valence-electron chi connectivity index (χ1n) is 2.89. The Bertz CT molecular complexity index is 94.3. The van der Waals surface area contributed by atoms with Crippen LogP contribution in [0.1, 0.15) is 12.8 Å². The summed E-state index contributed by atoms with van der Waals surface area (Å²) < 4.78 is 0.167. The maximum Gasteiger partial charge on any atom is 0.129 e.